The van der Waals surface area contributed by atoms with Crippen molar-refractivity contribution < 1.29 is 0 Å². The quantitative estimate of drug-likeness (QED) is 0.453. The topological polar surface area (TPSA) is 57.5 Å². The molecule has 0 bridgehead atoms. The van der Waals surface area contributed by atoms with Crippen LogP contribution in [0.5, 0.6) is 0 Å². The number of aliphatic imine (C=N–C) groups is 1. The number of aromatic nitrogens is 2. The number of nitrogens with zero attached hydrogens (tertiary/aromatic N) is 4. The molecule has 6 nitrogen and oxygen atoms in total. The molecule has 0 saturated carbocycles. The Bertz CT molecular complexity index is 522. The zero-order chi connectivity index (χ0) is 17.4. The van der Waals surface area contributed by atoms with E-state index < -0.39 is 0 Å². The molecule has 136 valence electrons. The molecule has 1 aliphatic heterocycles. The lowest BCUT2D eigenvalue weighted by Gasteiger charge is -2.28. The molecule has 0 spiro atoms. The Morgan fingerprint density at radius 3 is 2.88 bits per heavy atom. The molecule has 1 fully saturated rings. The predicted octanol–water partition coefficient (Wildman–Crippen LogP) is 1.79. The first-order valence-corrected chi connectivity index (χ1v) is 9.30. The van der Waals surface area contributed by atoms with E-state index in [0.29, 0.717) is 5.92 Å². The summed E-state index contributed by atoms with van der Waals surface area (Å²) >= 11 is 0. The summed E-state index contributed by atoms with van der Waals surface area (Å²) in [6, 6.07) is 2.13. The first-order valence-electron chi connectivity index (χ1n) is 9.30. The van der Waals surface area contributed by atoms with Gasteiger partial charge >= 0.3 is 0 Å². The monoisotopic (exact) mass is 334 g/mol. The van der Waals surface area contributed by atoms with Crippen LogP contribution in [0.2, 0.25) is 0 Å². The minimum atomic E-state index is 0.689. The molecule has 2 N–H and O–H groups in total. The van der Waals surface area contributed by atoms with Gasteiger partial charge in [-0.1, -0.05) is 0 Å². The van der Waals surface area contributed by atoms with Gasteiger partial charge < -0.3 is 15.5 Å². The van der Waals surface area contributed by atoms with Gasteiger partial charge in [0.05, 0.1) is 5.69 Å². The highest BCUT2D eigenvalue weighted by atomic mass is 15.3. The average Bonchev–Trinajstić information content (AvgIpc) is 2.87. The van der Waals surface area contributed by atoms with Crippen LogP contribution in [0.1, 0.15) is 37.6 Å². The Labute approximate surface area is 146 Å². The second-order valence-corrected chi connectivity index (χ2v) is 6.92. The lowest BCUT2D eigenvalue weighted by molar-refractivity contribution is 0.214. The van der Waals surface area contributed by atoms with Crippen molar-refractivity contribution >= 4 is 5.96 Å². The number of nitrogens with one attached hydrogen (secondary N) is 2. The number of hydrogen-bond donors (Lipinski definition) is 2. The van der Waals surface area contributed by atoms with Gasteiger partial charge in [0.1, 0.15) is 0 Å². The number of guanidine groups is 1. The highest BCUT2D eigenvalue weighted by Crippen LogP contribution is 2.14. The fourth-order valence-corrected chi connectivity index (χ4v) is 3.32. The van der Waals surface area contributed by atoms with Gasteiger partial charge in [0.2, 0.25) is 0 Å². The molecular formula is C18H34N6. The number of aryl methyl sites for hydroxylation is 3. The SMILES string of the molecule is CCNC(=NCC1CCCN(C)C1)NCCCn1nc(C)cc1C. The summed E-state index contributed by atoms with van der Waals surface area (Å²) in [6.07, 6.45) is 3.63. The van der Waals surface area contributed by atoms with Crippen LogP contribution < -0.4 is 10.6 Å². The lowest BCUT2D eigenvalue weighted by Crippen LogP contribution is -2.39. The van der Waals surface area contributed by atoms with E-state index in [-0.39, 0.29) is 0 Å². The van der Waals surface area contributed by atoms with E-state index in [1.807, 2.05) is 6.92 Å². The summed E-state index contributed by atoms with van der Waals surface area (Å²) in [5.41, 5.74) is 2.32. The van der Waals surface area contributed by atoms with E-state index in [9.17, 15) is 0 Å². The van der Waals surface area contributed by atoms with Gasteiger partial charge in [0.25, 0.3) is 0 Å². The van der Waals surface area contributed by atoms with Gasteiger partial charge in [-0.15, -0.1) is 0 Å². The molecule has 1 unspecified atom stereocenters. The molecule has 1 aromatic heterocycles. The average molecular weight is 335 g/mol. The normalized spacial score (nSPS) is 19.5. The van der Waals surface area contributed by atoms with E-state index >= 15 is 0 Å². The Balaban J connectivity index is 1.73. The number of rotatable bonds is 7. The first-order chi connectivity index (χ1) is 11.6. The van der Waals surface area contributed by atoms with Gasteiger partial charge in [-0.3, -0.25) is 9.67 Å². The summed E-state index contributed by atoms with van der Waals surface area (Å²) in [4.78, 5) is 7.20. The number of hydrogen-bond acceptors (Lipinski definition) is 3. The zero-order valence-corrected chi connectivity index (χ0v) is 15.8. The minimum Gasteiger partial charge on any atom is -0.357 e. The van der Waals surface area contributed by atoms with Crippen molar-refractivity contribution in [1.29, 1.82) is 0 Å². The minimum absolute atomic E-state index is 0.689. The smallest absolute Gasteiger partial charge is 0.191 e. The molecule has 0 radical (unpaired) electrons. The Hall–Kier alpha value is -1.56. The molecule has 1 aromatic rings. The van der Waals surface area contributed by atoms with Gasteiger partial charge in [0.15, 0.2) is 5.96 Å². The highest BCUT2D eigenvalue weighted by molar-refractivity contribution is 5.79. The maximum absolute atomic E-state index is 4.78. The zero-order valence-electron chi connectivity index (χ0n) is 15.8. The molecule has 1 aliphatic rings. The van der Waals surface area contributed by atoms with Crippen LogP contribution >= 0.6 is 0 Å². The molecule has 1 atom stereocenters. The lowest BCUT2D eigenvalue weighted by atomic mass is 9.99. The van der Waals surface area contributed by atoms with E-state index in [1.165, 1.54) is 31.6 Å². The molecule has 0 aromatic carbocycles. The first kappa shape index (κ1) is 18.8. The summed E-state index contributed by atoms with van der Waals surface area (Å²) in [6.45, 7) is 12.3. The van der Waals surface area contributed by atoms with Crippen LogP contribution in [0.25, 0.3) is 0 Å². The van der Waals surface area contributed by atoms with Crippen LogP contribution in [0.4, 0.5) is 0 Å². The van der Waals surface area contributed by atoms with Crippen molar-refractivity contribution in [2.75, 3.05) is 39.8 Å². The van der Waals surface area contributed by atoms with Gasteiger partial charge in [-0.05, 0) is 65.6 Å². The van der Waals surface area contributed by atoms with Gasteiger partial charge in [0, 0.05) is 38.4 Å². The van der Waals surface area contributed by atoms with Crippen molar-refractivity contribution in [3.63, 3.8) is 0 Å². The van der Waals surface area contributed by atoms with Gasteiger partial charge in [-0.25, -0.2) is 0 Å². The van der Waals surface area contributed by atoms with Crippen molar-refractivity contribution in [1.82, 2.24) is 25.3 Å². The van der Waals surface area contributed by atoms with E-state index in [1.54, 1.807) is 0 Å². The van der Waals surface area contributed by atoms with Gasteiger partial charge in [-0.2, -0.15) is 5.10 Å². The van der Waals surface area contributed by atoms with Crippen LogP contribution in [-0.4, -0.2) is 60.4 Å². The van der Waals surface area contributed by atoms with Crippen LogP contribution in [0, 0.1) is 19.8 Å². The van der Waals surface area contributed by atoms with Crippen molar-refractivity contribution in [2.24, 2.45) is 10.9 Å². The molecule has 0 aliphatic carbocycles. The van der Waals surface area contributed by atoms with E-state index in [4.69, 9.17) is 4.99 Å². The predicted molar refractivity (Wildman–Crippen MR) is 101 cm³/mol. The standard InChI is InChI=1S/C18H34N6/c1-5-19-18(21-13-17-8-6-10-23(4)14-17)20-9-7-11-24-16(3)12-15(2)22-24/h12,17H,5-11,13-14H2,1-4H3,(H2,19,20,21). The molecule has 1 saturated heterocycles. The third-order valence-corrected chi connectivity index (χ3v) is 4.52. The maximum Gasteiger partial charge on any atom is 0.191 e. The largest absolute Gasteiger partial charge is 0.357 e. The van der Waals surface area contributed by atoms with Crippen molar-refractivity contribution in [3.05, 3.63) is 17.5 Å². The molecule has 2 rings (SSSR count). The summed E-state index contributed by atoms with van der Waals surface area (Å²) < 4.78 is 2.08. The van der Waals surface area contributed by atoms with E-state index in [2.05, 4.69) is 52.3 Å². The molecule has 2 heterocycles. The highest BCUT2D eigenvalue weighted by Gasteiger charge is 2.16. The number of likely N-dealkylation sites (tertiary alicyclic amines) is 1. The summed E-state index contributed by atoms with van der Waals surface area (Å²) in [5.74, 6) is 1.63. The summed E-state index contributed by atoms with van der Waals surface area (Å²) in [5, 5.41) is 11.3. The van der Waals surface area contributed by atoms with Crippen molar-refractivity contribution in [2.45, 2.75) is 46.6 Å². The second-order valence-electron chi connectivity index (χ2n) is 6.92. The fourth-order valence-electron chi connectivity index (χ4n) is 3.32. The second kappa shape index (κ2) is 9.67. The molecule has 24 heavy (non-hydrogen) atoms. The Morgan fingerprint density at radius 2 is 2.21 bits per heavy atom. The maximum atomic E-state index is 4.78. The Kier molecular flexibility index (Phi) is 7.56. The molecular weight excluding hydrogens is 300 g/mol. The molecule has 0 amide bonds. The summed E-state index contributed by atoms with van der Waals surface area (Å²) in [7, 11) is 2.21. The van der Waals surface area contributed by atoms with Crippen LogP contribution in [-0.2, 0) is 6.54 Å². The fraction of sp³-hybridized carbons (Fsp3) is 0.778. The van der Waals surface area contributed by atoms with Crippen LogP contribution in [0.3, 0.4) is 0 Å². The molecule has 6 heteroatoms. The number of piperidine rings is 1. The van der Waals surface area contributed by atoms with E-state index in [0.717, 1.165) is 44.3 Å². The third kappa shape index (κ3) is 6.15. The van der Waals surface area contributed by atoms with Crippen LogP contribution in [0.15, 0.2) is 11.1 Å². The Morgan fingerprint density at radius 1 is 1.38 bits per heavy atom. The van der Waals surface area contributed by atoms with Crippen molar-refractivity contribution in [3.8, 4) is 0 Å². The third-order valence-electron chi connectivity index (χ3n) is 4.52.